The quantitative estimate of drug-likeness (QED) is 0.503. The van der Waals surface area contributed by atoms with Gasteiger partial charge in [-0.05, 0) is 47.0 Å². The van der Waals surface area contributed by atoms with E-state index >= 15 is 0 Å². The van der Waals surface area contributed by atoms with E-state index in [0.29, 0.717) is 0 Å². The van der Waals surface area contributed by atoms with E-state index in [0.717, 1.165) is 26.9 Å². The Morgan fingerprint density at radius 3 is 2.57 bits per heavy atom. The van der Waals surface area contributed by atoms with E-state index in [1.807, 2.05) is 19.9 Å². The molecule has 0 heterocycles. The Morgan fingerprint density at radius 2 is 2.07 bits per heavy atom. The van der Waals surface area contributed by atoms with Crippen LogP contribution in [-0.2, 0) is 0 Å². The van der Waals surface area contributed by atoms with Gasteiger partial charge in [-0.1, -0.05) is 5.16 Å². The molecule has 0 aliphatic rings. The summed E-state index contributed by atoms with van der Waals surface area (Å²) in [6.45, 7) is 3.97. The van der Waals surface area contributed by atoms with Gasteiger partial charge >= 0.3 is 0 Å². The number of benzene rings is 1. The van der Waals surface area contributed by atoms with E-state index in [-0.39, 0.29) is 0 Å². The molecule has 0 aliphatic heterocycles. The summed E-state index contributed by atoms with van der Waals surface area (Å²) in [6.07, 6.45) is 1.37. The predicted octanol–water partition coefficient (Wildman–Crippen LogP) is 2.88. The zero-order chi connectivity index (χ0) is 10.7. The topological polar surface area (TPSA) is 41.8 Å². The second-order valence-electron chi connectivity index (χ2n) is 2.98. The molecule has 0 fully saturated rings. The first-order valence-corrected chi connectivity index (χ1v) is 4.92. The second-order valence-corrected chi connectivity index (χ2v) is 3.77. The fraction of sp³-hybridized carbons (Fsp3) is 0.300. The van der Waals surface area contributed by atoms with Gasteiger partial charge in [-0.15, -0.1) is 0 Å². The summed E-state index contributed by atoms with van der Waals surface area (Å²) in [5.41, 5.74) is 2.96. The lowest BCUT2D eigenvalue weighted by Gasteiger charge is -2.11. The first-order valence-electron chi connectivity index (χ1n) is 4.13. The van der Waals surface area contributed by atoms with E-state index in [4.69, 9.17) is 9.94 Å². The van der Waals surface area contributed by atoms with Crippen LogP contribution in [0.2, 0.25) is 0 Å². The molecule has 0 atom stereocenters. The normalized spacial score (nSPS) is 10.9. The number of halogens is 1. The third-order valence-corrected chi connectivity index (χ3v) is 3.27. The average Bonchev–Trinajstić information content (AvgIpc) is 2.19. The van der Waals surface area contributed by atoms with Crippen molar-refractivity contribution in [2.24, 2.45) is 5.16 Å². The van der Waals surface area contributed by atoms with Crippen molar-refractivity contribution in [1.82, 2.24) is 0 Å². The summed E-state index contributed by atoms with van der Waals surface area (Å²) in [5, 5.41) is 11.5. The molecule has 1 N–H and O–H groups in total. The molecular formula is C10H12BrNO2. The van der Waals surface area contributed by atoms with Crippen LogP contribution in [0.4, 0.5) is 0 Å². The van der Waals surface area contributed by atoms with Crippen LogP contribution in [0.3, 0.4) is 0 Å². The highest BCUT2D eigenvalue weighted by molar-refractivity contribution is 9.10. The van der Waals surface area contributed by atoms with Gasteiger partial charge in [0, 0.05) is 10.0 Å². The first-order chi connectivity index (χ1) is 6.61. The summed E-state index contributed by atoms with van der Waals surface area (Å²) < 4.78 is 6.13. The molecule has 3 nitrogen and oxygen atoms in total. The zero-order valence-electron chi connectivity index (χ0n) is 8.34. The Labute approximate surface area is 91.5 Å². The summed E-state index contributed by atoms with van der Waals surface area (Å²) in [5.74, 6) is 0.792. The molecule has 0 amide bonds. The van der Waals surface area contributed by atoms with Gasteiger partial charge in [0.15, 0.2) is 0 Å². The van der Waals surface area contributed by atoms with Crippen molar-refractivity contribution in [2.45, 2.75) is 13.8 Å². The number of nitrogens with zero attached hydrogens (tertiary/aromatic N) is 1. The Balaban J connectivity index is 3.40. The van der Waals surface area contributed by atoms with Gasteiger partial charge in [-0.3, -0.25) is 0 Å². The highest BCUT2D eigenvalue weighted by Crippen LogP contribution is 2.30. The molecule has 1 aromatic carbocycles. The summed E-state index contributed by atoms with van der Waals surface area (Å²) >= 11 is 3.44. The fourth-order valence-electron chi connectivity index (χ4n) is 1.25. The highest BCUT2D eigenvalue weighted by atomic mass is 79.9. The summed E-state index contributed by atoms with van der Waals surface area (Å²) in [7, 11) is 1.62. The lowest BCUT2D eigenvalue weighted by molar-refractivity contribution is 0.322. The Morgan fingerprint density at radius 1 is 1.43 bits per heavy atom. The molecule has 4 heteroatoms. The SMILES string of the molecule is COc1cc(/C=N/O)c(Br)c(C)c1C. The molecule has 0 aromatic heterocycles. The van der Waals surface area contributed by atoms with Crippen LogP contribution in [0, 0.1) is 13.8 Å². The Hall–Kier alpha value is -1.03. The minimum atomic E-state index is 0.792. The van der Waals surface area contributed by atoms with Crippen LogP contribution in [0.5, 0.6) is 5.75 Å². The molecule has 0 bridgehead atoms. The van der Waals surface area contributed by atoms with E-state index in [1.54, 1.807) is 7.11 Å². The van der Waals surface area contributed by atoms with Crippen molar-refractivity contribution in [3.05, 3.63) is 27.2 Å². The molecule has 0 unspecified atom stereocenters. The van der Waals surface area contributed by atoms with Crippen LogP contribution in [-0.4, -0.2) is 18.5 Å². The van der Waals surface area contributed by atoms with Gasteiger partial charge in [0.05, 0.1) is 13.3 Å². The highest BCUT2D eigenvalue weighted by Gasteiger charge is 2.09. The van der Waals surface area contributed by atoms with Crippen molar-refractivity contribution in [1.29, 1.82) is 0 Å². The monoisotopic (exact) mass is 257 g/mol. The van der Waals surface area contributed by atoms with Crippen LogP contribution in [0.25, 0.3) is 0 Å². The number of hydrogen-bond acceptors (Lipinski definition) is 3. The van der Waals surface area contributed by atoms with Gasteiger partial charge in [-0.25, -0.2) is 0 Å². The summed E-state index contributed by atoms with van der Waals surface area (Å²) in [6, 6.07) is 1.83. The van der Waals surface area contributed by atoms with Crippen molar-refractivity contribution in [3.8, 4) is 5.75 Å². The number of methoxy groups -OCH3 is 1. The van der Waals surface area contributed by atoms with Crippen molar-refractivity contribution in [3.63, 3.8) is 0 Å². The Kier molecular flexibility index (Phi) is 3.52. The third-order valence-electron chi connectivity index (χ3n) is 2.22. The molecule has 0 aliphatic carbocycles. The maximum atomic E-state index is 8.48. The third kappa shape index (κ3) is 1.90. The molecule has 0 spiro atoms. The fourth-order valence-corrected chi connectivity index (χ4v) is 1.76. The molecule has 0 saturated heterocycles. The molecule has 1 rings (SSSR count). The van der Waals surface area contributed by atoms with Gasteiger partial charge in [0.25, 0.3) is 0 Å². The maximum Gasteiger partial charge on any atom is 0.122 e. The van der Waals surface area contributed by atoms with Crippen LogP contribution in [0.1, 0.15) is 16.7 Å². The van der Waals surface area contributed by atoms with Gasteiger partial charge in [0.1, 0.15) is 5.75 Å². The van der Waals surface area contributed by atoms with Gasteiger partial charge in [-0.2, -0.15) is 0 Å². The number of hydrogen-bond donors (Lipinski definition) is 1. The van der Waals surface area contributed by atoms with Crippen LogP contribution < -0.4 is 4.74 Å². The van der Waals surface area contributed by atoms with Crippen LogP contribution >= 0.6 is 15.9 Å². The number of oxime groups is 1. The Bertz CT molecular complexity index is 375. The maximum absolute atomic E-state index is 8.48. The van der Waals surface area contributed by atoms with E-state index in [1.165, 1.54) is 6.21 Å². The van der Waals surface area contributed by atoms with E-state index < -0.39 is 0 Å². The number of rotatable bonds is 2. The van der Waals surface area contributed by atoms with Crippen molar-refractivity contribution >= 4 is 22.1 Å². The number of ether oxygens (including phenoxy) is 1. The zero-order valence-corrected chi connectivity index (χ0v) is 9.92. The predicted molar refractivity (Wildman–Crippen MR) is 59.5 cm³/mol. The smallest absolute Gasteiger partial charge is 0.122 e. The minimum absolute atomic E-state index is 0.792. The van der Waals surface area contributed by atoms with Gasteiger partial charge in [0.2, 0.25) is 0 Å². The molecule has 1 aromatic rings. The molecule has 14 heavy (non-hydrogen) atoms. The lowest BCUT2D eigenvalue weighted by Crippen LogP contribution is -1.95. The van der Waals surface area contributed by atoms with E-state index in [2.05, 4.69) is 21.1 Å². The molecule has 76 valence electrons. The molecule has 0 radical (unpaired) electrons. The van der Waals surface area contributed by atoms with Crippen molar-refractivity contribution < 1.29 is 9.94 Å². The molecular weight excluding hydrogens is 246 g/mol. The second kappa shape index (κ2) is 4.46. The van der Waals surface area contributed by atoms with Crippen molar-refractivity contribution in [2.75, 3.05) is 7.11 Å². The average molecular weight is 258 g/mol. The minimum Gasteiger partial charge on any atom is -0.496 e. The standard InChI is InChI=1S/C10H12BrNO2/c1-6-7(2)10(11)8(5-12-13)4-9(6)14-3/h4-5,13H,1-3H3/b12-5+. The largest absolute Gasteiger partial charge is 0.496 e. The summed E-state index contributed by atoms with van der Waals surface area (Å²) in [4.78, 5) is 0. The molecule has 0 saturated carbocycles. The first kappa shape index (κ1) is 11.0. The lowest BCUT2D eigenvalue weighted by atomic mass is 10.1. The van der Waals surface area contributed by atoms with Gasteiger partial charge < -0.3 is 9.94 Å². The van der Waals surface area contributed by atoms with E-state index in [9.17, 15) is 0 Å². The van der Waals surface area contributed by atoms with Crippen LogP contribution in [0.15, 0.2) is 15.7 Å².